The number of hydrogen-bond acceptors (Lipinski definition) is 6. The van der Waals surface area contributed by atoms with E-state index in [0.717, 1.165) is 56.1 Å². The van der Waals surface area contributed by atoms with Gasteiger partial charge in [-0.05, 0) is 42.5 Å². The highest BCUT2D eigenvalue weighted by Crippen LogP contribution is 2.26. The first-order valence-corrected chi connectivity index (χ1v) is 10.1. The second-order valence-corrected chi connectivity index (χ2v) is 8.10. The Bertz CT molecular complexity index is 799. The monoisotopic (exact) mass is 402 g/mol. The number of hydrogen-bond donors (Lipinski definition) is 2. The molecule has 2 aliphatic rings. The molecule has 2 aliphatic heterocycles. The molecule has 0 amide bonds. The fourth-order valence-electron chi connectivity index (χ4n) is 4.17. The fourth-order valence-corrected chi connectivity index (χ4v) is 4.29. The van der Waals surface area contributed by atoms with E-state index in [1.165, 1.54) is 5.56 Å². The second-order valence-electron chi connectivity index (χ2n) is 7.66. The molecule has 0 spiro atoms. The number of aromatic nitrogens is 3. The molecule has 8 heteroatoms. The Labute approximate surface area is 170 Å². The van der Waals surface area contributed by atoms with Gasteiger partial charge in [-0.2, -0.15) is 4.98 Å². The predicted molar refractivity (Wildman–Crippen MR) is 112 cm³/mol. The average Bonchev–Trinajstić information content (AvgIpc) is 3.05. The van der Waals surface area contributed by atoms with E-state index in [1.807, 2.05) is 12.1 Å². The van der Waals surface area contributed by atoms with Gasteiger partial charge < -0.3 is 15.4 Å². The highest BCUT2D eigenvalue weighted by Gasteiger charge is 2.32. The smallest absolute Gasteiger partial charge is 0.246 e. The zero-order valence-corrected chi connectivity index (χ0v) is 16.7. The Morgan fingerprint density at radius 3 is 2.68 bits per heavy atom. The average molecular weight is 403 g/mol. The predicted octanol–water partition coefficient (Wildman–Crippen LogP) is 2.51. The molecule has 7 nitrogen and oxygen atoms in total. The van der Waals surface area contributed by atoms with Crippen LogP contribution in [0.25, 0.3) is 0 Å². The molecular formula is C20H27ClN6O. The zero-order valence-electron chi connectivity index (χ0n) is 16.0. The molecule has 3 heterocycles. The lowest BCUT2D eigenvalue weighted by Crippen LogP contribution is -2.51. The third kappa shape index (κ3) is 4.48. The van der Waals surface area contributed by atoms with Crippen molar-refractivity contribution in [3.8, 4) is 0 Å². The molecule has 2 fully saturated rings. The summed E-state index contributed by atoms with van der Waals surface area (Å²) in [6.07, 6.45) is 3.06. The van der Waals surface area contributed by atoms with Crippen molar-refractivity contribution in [2.75, 3.05) is 43.5 Å². The van der Waals surface area contributed by atoms with Crippen LogP contribution in [0.1, 0.15) is 18.4 Å². The number of benzene rings is 1. The Balaban J connectivity index is 1.44. The maximum Gasteiger partial charge on any atom is 0.246 e. The third-order valence-electron chi connectivity index (χ3n) is 5.58. The molecule has 0 radical (unpaired) electrons. The maximum atomic E-state index is 6.04. The molecule has 150 valence electrons. The van der Waals surface area contributed by atoms with Crippen molar-refractivity contribution in [3.63, 3.8) is 0 Å². The normalized spacial score (nSPS) is 22.4. The highest BCUT2D eigenvalue weighted by atomic mass is 35.5. The lowest BCUT2D eigenvalue weighted by Gasteiger charge is -2.41. The van der Waals surface area contributed by atoms with Gasteiger partial charge in [-0.3, -0.25) is 4.90 Å². The number of nitrogens with one attached hydrogen (secondary N) is 1. The molecular weight excluding hydrogens is 376 g/mol. The van der Waals surface area contributed by atoms with Crippen LogP contribution in [0.4, 0.5) is 11.9 Å². The lowest BCUT2D eigenvalue weighted by atomic mass is 9.97. The first-order valence-electron chi connectivity index (χ1n) is 9.76. The van der Waals surface area contributed by atoms with Gasteiger partial charge >= 0.3 is 0 Å². The first kappa shape index (κ1) is 19.2. The summed E-state index contributed by atoms with van der Waals surface area (Å²) in [5, 5.41) is 7.68. The Morgan fingerprint density at radius 1 is 1.25 bits per heavy atom. The van der Waals surface area contributed by atoms with Gasteiger partial charge in [0.25, 0.3) is 0 Å². The quantitative estimate of drug-likeness (QED) is 0.764. The van der Waals surface area contributed by atoms with Crippen LogP contribution in [0.15, 0.2) is 36.4 Å². The van der Waals surface area contributed by atoms with Gasteiger partial charge in [0.05, 0.1) is 13.2 Å². The van der Waals surface area contributed by atoms with E-state index in [1.54, 1.807) is 0 Å². The van der Waals surface area contributed by atoms with Gasteiger partial charge in [-0.15, -0.1) is 5.10 Å². The van der Waals surface area contributed by atoms with E-state index in [9.17, 15) is 0 Å². The van der Waals surface area contributed by atoms with Crippen LogP contribution in [0, 0.1) is 0 Å². The number of ether oxygens (including phenoxy) is 1. The summed E-state index contributed by atoms with van der Waals surface area (Å²) in [6, 6.07) is 8.95. The van der Waals surface area contributed by atoms with Crippen LogP contribution < -0.4 is 10.6 Å². The van der Waals surface area contributed by atoms with Crippen molar-refractivity contribution in [2.24, 2.45) is 0 Å². The van der Waals surface area contributed by atoms with Crippen LogP contribution in [0.5, 0.6) is 0 Å². The molecule has 1 aromatic heterocycles. The SMILES string of the molecule is C=C1COCC(Cc2ccc(Cl)cc2)N(C2CCN(c3n[nH]c(N)n3)CC2)C1. The van der Waals surface area contributed by atoms with Gasteiger partial charge in [0, 0.05) is 36.7 Å². The topological polar surface area (TPSA) is 83.3 Å². The minimum Gasteiger partial charge on any atom is -0.375 e. The minimum atomic E-state index is 0.330. The number of nitrogens with two attached hydrogens (primary N) is 1. The van der Waals surface area contributed by atoms with Crippen LogP contribution in [-0.4, -0.2) is 65.0 Å². The zero-order chi connectivity index (χ0) is 19.5. The van der Waals surface area contributed by atoms with Gasteiger partial charge in [0.2, 0.25) is 11.9 Å². The van der Waals surface area contributed by atoms with E-state index in [-0.39, 0.29) is 0 Å². The summed E-state index contributed by atoms with van der Waals surface area (Å²) >= 11 is 6.04. The molecule has 1 aromatic carbocycles. The summed E-state index contributed by atoms with van der Waals surface area (Å²) in [6.45, 7) is 8.29. The molecule has 28 heavy (non-hydrogen) atoms. The van der Waals surface area contributed by atoms with E-state index in [2.05, 4.69) is 43.7 Å². The van der Waals surface area contributed by atoms with Crippen molar-refractivity contribution in [1.29, 1.82) is 0 Å². The van der Waals surface area contributed by atoms with Crippen molar-refractivity contribution in [2.45, 2.75) is 31.3 Å². The standard InChI is InChI=1S/C20H27ClN6O/c1-14-11-27(17-6-8-26(9-7-17)20-23-19(22)24-25-20)18(13-28-12-14)10-15-2-4-16(21)5-3-15/h2-5,17-18H,1,6-13H2,(H3,22,23,24,25). The summed E-state index contributed by atoms with van der Waals surface area (Å²) in [4.78, 5) is 9.04. The molecule has 4 rings (SSSR count). The van der Waals surface area contributed by atoms with Crippen LogP contribution in [0.2, 0.25) is 5.02 Å². The maximum absolute atomic E-state index is 6.04. The molecule has 1 unspecified atom stereocenters. The number of rotatable bonds is 4. The van der Waals surface area contributed by atoms with Gasteiger partial charge in [-0.25, -0.2) is 5.10 Å². The van der Waals surface area contributed by atoms with Crippen molar-refractivity contribution >= 4 is 23.5 Å². The summed E-state index contributed by atoms with van der Waals surface area (Å²) in [5.74, 6) is 1.05. The number of halogens is 1. The van der Waals surface area contributed by atoms with E-state index in [0.29, 0.717) is 30.6 Å². The Kier molecular flexibility index (Phi) is 5.85. The van der Waals surface area contributed by atoms with Gasteiger partial charge in [0.15, 0.2) is 0 Å². The number of nitrogen functional groups attached to an aromatic ring is 1. The third-order valence-corrected chi connectivity index (χ3v) is 5.84. The molecule has 3 N–H and O–H groups in total. The molecule has 1 atom stereocenters. The van der Waals surface area contributed by atoms with E-state index >= 15 is 0 Å². The number of piperidine rings is 1. The number of H-pyrrole nitrogens is 1. The van der Waals surface area contributed by atoms with Crippen LogP contribution in [-0.2, 0) is 11.2 Å². The first-order chi connectivity index (χ1) is 13.6. The lowest BCUT2D eigenvalue weighted by molar-refractivity contribution is 0.0711. The molecule has 2 saturated heterocycles. The molecule has 0 aliphatic carbocycles. The van der Waals surface area contributed by atoms with E-state index in [4.69, 9.17) is 22.1 Å². The Hall–Kier alpha value is -2.09. The van der Waals surface area contributed by atoms with Gasteiger partial charge in [0.1, 0.15) is 0 Å². The summed E-state index contributed by atoms with van der Waals surface area (Å²) in [5.41, 5.74) is 8.09. The number of anilines is 2. The van der Waals surface area contributed by atoms with Crippen molar-refractivity contribution < 1.29 is 4.74 Å². The Morgan fingerprint density at radius 2 is 2.00 bits per heavy atom. The van der Waals surface area contributed by atoms with Crippen molar-refractivity contribution in [3.05, 3.63) is 47.0 Å². The van der Waals surface area contributed by atoms with Gasteiger partial charge in [-0.1, -0.05) is 30.3 Å². The molecule has 0 saturated carbocycles. The van der Waals surface area contributed by atoms with Crippen LogP contribution >= 0.6 is 11.6 Å². The number of nitrogens with zero attached hydrogens (tertiary/aromatic N) is 4. The molecule has 0 bridgehead atoms. The highest BCUT2D eigenvalue weighted by molar-refractivity contribution is 6.30. The minimum absolute atomic E-state index is 0.330. The van der Waals surface area contributed by atoms with E-state index < -0.39 is 0 Å². The summed E-state index contributed by atoms with van der Waals surface area (Å²) in [7, 11) is 0. The number of aromatic amines is 1. The second kappa shape index (κ2) is 8.51. The fraction of sp³-hybridized carbons (Fsp3) is 0.500. The van der Waals surface area contributed by atoms with Crippen LogP contribution in [0.3, 0.4) is 0 Å². The van der Waals surface area contributed by atoms with Crippen molar-refractivity contribution in [1.82, 2.24) is 20.1 Å². The largest absolute Gasteiger partial charge is 0.375 e. The molecule has 2 aromatic rings. The summed E-state index contributed by atoms with van der Waals surface area (Å²) < 4.78 is 5.91.